The molecule has 0 aromatic heterocycles. The van der Waals surface area contributed by atoms with Gasteiger partial charge in [0, 0.05) is 24.3 Å². The number of aryl methyl sites for hydroxylation is 2. The van der Waals surface area contributed by atoms with Gasteiger partial charge in [0.05, 0.1) is 0 Å². The van der Waals surface area contributed by atoms with Gasteiger partial charge in [-0.15, -0.1) is 0 Å². The van der Waals surface area contributed by atoms with Crippen molar-refractivity contribution in [3.8, 4) is 5.75 Å². The molecule has 0 fully saturated rings. The molecule has 0 atom stereocenters. The second kappa shape index (κ2) is 8.62. The second-order valence-electron chi connectivity index (χ2n) is 5.82. The van der Waals surface area contributed by atoms with E-state index in [1.54, 1.807) is 24.3 Å². The highest BCUT2D eigenvalue weighted by atomic mass is 32.1. The Morgan fingerprint density at radius 3 is 2.24 bits per heavy atom. The van der Waals surface area contributed by atoms with Crippen LogP contribution in [-0.4, -0.2) is 29.1 Å². The van der Waals surface area contributed by atoms with Gasteiger partial charge < -0.3 is 15.0 Å². The molecule has 2 rings (SSSR count). The smallest absolute Gasteiger partial charge is 0.264 e. The van der Waals surface area contributed by atoms with E-state index in [0.29, 0.717) is 16.5 Å². The minimum absolute atomic E-state index is 0.152. The summed E-state index contributed by atoms with van der Waals surface area (Å²) in [5.74, 6) is 0.473. The number of carbonyl (C=O) groups is 1. The summed E-state index contributed by atoms with van der Waals surface area (Å²) in [7, 11) is 0. The summed E-state index contributed by atoms with van der Waals surface area (Å²) < 4.78 is 5.67. The number of benzene rings is 2. The molecule has 5 heteroatoms. The SMILES string of the molecule is CCN(CC)C(=S)Oc1ccc(C(=O)Nc2ccc(C)c(C)c2)cc1. The molecule has 2 aromatic rings. The van der Waals surface area contributed by atoms with Gasteiger partial charge in [-0.25, -0.2) is 0 Å². The number of nitrogens with zero attached hydrogens (tertiary/aromatic N) is 1. The fourth-order valence-corrected chi connectivity index (χ4v) is 2.70. The van der Waals surface area contributed by atoms with Crippen molar-refractivity contribution in [1.82, 2.24) is 4.90 Å². The first-order valence-electron chi connectivity index (χ1n) is 8.40. The van der Waals surface area contributed by atoms with Crippen molar-refractivity contribution in [2.24, 2.45) is 0 Å². The lowest BCUT2D eigenvalue weighted by molar-refractivity contribution is 0.102. The van der Waals surface area contributed by atoms with Crippen LogP contribution in [-0.2, 0) is 0 Å². The summed E-state index contributed by atoms with van der Waals surface area (Å²) in [5, 5.41) is 3.35. The number of hydrogen-bond donors (Lipinski definition) is 1. The molecule has 2 aromatic carbocycles. The Balaban J connectivity index is 2.02. The van der Waals surface area contributed by atoms with E-state index >= 15 is 0 Å². The summed E-state index contributed by atoms with van der Waals surface area (Å²) in [5.41, 5.74) is 3.70. The second-order valence-corrected chi connectivity index (χ2v) is 6.17. The Morgan fingerprint density at radius 1 is 1.04 bits per heavy atom. The molecule has 0 saturated heterocycles. The lowest BCUT2D eigenvalue weighted by Crippen LogP contribution is -2.32. The topological polar surface area (TPSA) is 41.6 Å². The summed E-state index contributed by atoms with van der Waals surface area (Å²) in [4.78, 5) is 14.3. The minimum atomic E-state index is -0.152. The number of carbonyl (C=O) groups excluding carboxylic acids is 1. The highest BCUT2D eigenvalue weighted by Gasteiger charge is 2.10. The third-order valence-electron chi connectivity index (χ3n) is 4.11. The fourth-order valence-electron chi connectivity index (χ4n) is 2.34. The van der Waals surface area contributed by atoms with Gasteiger partial charge in [0.25, 0.3) is 11.1 Å². The average Bonchev–Trinajstić information content (AvgIpc) is 2.60. The van der Waals surface area contributed by atoms with Crippen molar-refractivity contribution in [2.75, 3.05) is 18.4 Å². The predicted molar refractivity (Wildman–Crippen MR) is 106 cm³/mol. The lowest BCUT2D eigenvalue weighted by Gasteiger charge is -2.21. The van der Waals surface area contributed by atoms with E-state index < -0.39 is 0 Å². The molecule has 0 unspecified atom stereocenters. The van der Waals surface area contributed by atoms with Gasteiger partial charge in [0.2, 0.25) is 0 Å². The van der Waals surface area contributed by atoms with E-state index in [4.69, 9.17) is 17.0 Å². The van der Waals surface area contributed by atoms with Gasteiger partial charge in [-0.1, -0.05) is 6.07 Å². The Morgan fingerprint density at radius 2 is 1.68 bits per heavy atom. The molecule has 0 aliphatic carbocycles. The van der Waals surface area contributed by atoms with E-state index in [0.717, 1.165) is 24.3 Å². The highest BCUT2D eigenvalue weighted by molar-refractivity contribution is 7.80. The van der Waals surface area contributed by atoms with Gasteiger partial charge in [-0.3, -0.25) is 4.79 Å². The normalized spacial score (nSPS) is 10.2. The molecule has 0 spiro atoms. The van der Waals surface area contributed by atoms with Crippen LogP contribution in [0.5, 0.6) is 5.75 Å². The number of anilines is 1. The van der Waals surface area contributed by atoms with Crippen molar-refractivity contribution in [2.45, 2.75) is 27.7 Å². The number of thiocarbonyl (C=S) groups is 1. The quantitative estimate of drug-likeness (QED) is 0.798. The minimum Gasteiger partial charge on any atom is -0.432 e. The Bertz CT molecular complexity index is 753. The summed E-state index contributed by atoms with van der Waals surface area (Å²) >= 11 is 5.27. The maximum absolute atomic E-state index is 12.4. The van der Waals surface area contributed by atoms with Crippen LogP contribution in [0.4, 0.5) is 5.69 Å². The van der Waals surface area contributed by atoms with Crippen LogP contribution >= 0.6 is 12.2 Å². The number of amides is 1. The number of hydrogen-bond acceptors (Lipinski definition) is 3. The van der Waals surface area contributed by atoms with Crippen molar-refractivity contribution >= 4 is 29.0 Å². The molecule has 4 nitrogen and oxygen atoms in total. The molecule has 0 aliphatic rings. The Hall–Kier alpha value is -2.40. The zero-order valence-corrected chi connectivity index (χ0v) is 15.9. The molecular formula is C20H24N2O2S. The summed E-state index contributed by atoms with van der Waals surface area (Å²) in [6.07, 6.45) is 0. The zero-order valence-electron chi connectivity index (χ0n) is 15.1. The Kier molecular flexibility index (Phi) is 6.53. The zero-order chi connectivity index (χ0) is 18.4. The first-order valence-corrected chi connectivity index (χ1v) is 8.80. The van der Waals surface area contributed by atoms with Crippen LogP contribution in [0.25, 0.3) is 0 Å². The lowest BCUT2D eigenvalue weighted by atomic mass is 10.1. The average molecular weight is 356 g/mol. The highest BCUT2D eigenvalue weighted by Crippen LogP contribution is 2.17. The van der Waals surface area contributed by atoms with Gasteiger partial charge >= 0.3 is 0 Å². The van der Waals surface area contributed by atoms with Gasteiger partial charge in [0.1, 0.15) is 5.75 Å². The summed E-state index contributed by atoms with van der Waals surface area (Å²) in [6, 6.07) is 12.8. The molecule has 0 aliphatic heterocycles. The van der Waals surface area contributed by atoms with Crippen molar-refractivity contribution in [3.05, 3.63) is 59.2 Å². The van der Waals surface area contributed by atoms with Crippen LogP contribution in [0.15, 0.2) is 42.5 Å². The molecule has 0 bridgehead atoms. The summed E-state index contributed by atoms with van der Waals surface area (Å²) in [6.45, 7) is 9.72. The third kappa shape index (κ3) is 5.03. The number of rotatable bonds is 5. The van der Waals surface area contributed by atoms with Crippen molar-refractivity contribution < 1.29 is 9.53 Å². The maximum atomic E-state index is 12.4. The van der Waals surface area contributed by atoms with E-state index in [-0.39, 0.29) is 5.91 Å². The van der Waals surface area contributed by atoms with E-state index in [1.165, 1.54) is 5.56 Å². The molecule has 25 heavy (non-hydrogen) atoms. The molecular weight excluding hydrogens is 332 g/mol. The van der Waals surface area contributed by atoms with Crippen molar-refractivity contribution in [1.29, 1.82) is 0 Å². The monoisotopic (exact) mass is 356 g/mol. The maximum Gasteiger partial charge on any atom is 0.264 e. The molecule has 0 radical (unpaired) electrons. The first kappa shape index (κ1) is 18.9. The molecule has 0 saturated carbocycles. The van der Waals surface area contributed by atoms with Crippen LogP contribution in [0, 0.1) is 13.8 Å². The Labute approximate surface area is 154 Å². The first-order chi connectivity index (χ1) is 11.9. The van der Waals surface area contributed by atoms with Crippen LogP contribution < -0.4 is 10.1 Å². The number of ether oxygens (including phenoxy) is 1. The van der Waals surface area contributed by atoms with Gasteiger partial charge in [0.15, 0.2) is 0 Å². The van der Waals surface area contributed by atoms with E-state index in [9.17, 15) is 4.79 Å². The van der Waals surface area contributed by atoms with Crippen molar-refractivity contribution in [3.63, 3.8) is 0 Å². The molecule has 1 amide bonds. The predicted octanol–water partition coefficient (Wildman–Crippen LogP) is 4.56. The van der Waals surface area contributed by atoms with Gasteiger partial charge in [-0.05, 0) is 87.4 Å². The van der Waals surface area contributed by atoms with Gasteiger partial charge in [-0.2, -0.15) is 0 Å². The molecule has 0 heterocycles. The third-order valence-corrected chi connectivity index (χ3v) is 4.45. The van der Waals surface area contributed by atoms with Crippen LogP contribution in [0.1, 0.15) is 35.3 Å². The largest absolute Gasteiger partial charge is 0.432 e. The molecule has 132 valence electrons. The van der Waals surface area contributed by atoms with E-state index in [1.807, 2.05) is 50.8 Å². The van der Waals surface area contributed by atoms with E-state index in [2.05, 4.69) is 5.32 Å². The number of nitrogens with one attached hydrogen (secondary N) is 1. The van der Waals surface area contributed by atoms with Crippen LogP contribution in [0.2, 0.25) is 0 Å². The fraction of sp³-hybridized carbons (Fsp3) is 0.300. The standard InChI is InChI=1S/C20H24N2O2S/c1-5-22(6-2)20(25)24-18-11-8-16(9-12-18)19(23)21-17-10-7-14(3)15(4)13-17/h7-13H,5-6H2,1-4H3,(H,21,23). The molecule has 1 N–H and O–H groups in total. The van der Waals surface area contributed by atoms with Crippen LogP contribution in [0.3, 0.4) is 0 Å².